The van der Waals surface area contributed by atoms with Gasteiger partial charge in [-0.05, 0) is 37.3 Å². The third kappa shape index (κ3) is 3.48. The zero-order chi connectivity index (χ0) is 17.9. The molecular weight excluding hydrogens is 330 g/mol. The molecule has 6 heteroatoms. The Morgan fingerprint density at radius 3 is 2.81 bits per heavy atom. The maximum Gasteiger partial charge on any atom is 0.293 e. The normalized spacial score (nSPS) is 26.9. The van der Waals surface area contributed by atoms with Crippen molar-refractivity contribution in [2.45, 2.75) is 50.2 Å². The van der Waals surface area contributed by atoms with Gasteiger partial charge in [-0.1, -0.05) is 18.2 Å². The molecule has 3 heterocycles. The number of carbonyl (C=O) groups is 2. The van der Waals surface area contributed by atoms with Crippen molar-refractivity contribution in [1.82, 2.24) is 10.2 Å². The van der Waals surface area contributed by atoms with Crippen LogP contribution in [0.5, 0.6) is 0 Å². The van der Waals surface area contributed by atoms with Gasteiger partial charge >= 0.3 is 0 Å². The number of amides is 1. The number of nitrogens with zero attached hydrogens (tertiary/aromatic N) is 2. The van der Waals surface area contributed by atoms with Crippen molar-refractivity contribution >= 4 is 18.1 Å². The van der Waals surface area contributed by atoms with Crippen LogP contribution in [0.3, 0.4) is 0 Å². The summed E-state index contributed by atoms with van der Waals surface area (Å²) in [6.07, 6.45) is 4.61. The predicted molar refractivity (Wildman–Crippen MR) is 99.1 cm³/mol. The first-order valence-electron chi connectivity index (χ1n) is 9.69. The number of para-hydroxylation sites is 1. The number of ether oxygens (including phenoxy) is 1. The topological polar surface area (TPSA) is 61.9 Å². The lowest BCUT2D eigenvalue weighted by Crippen LogP contribution is -2.49. The summed E-state index contributed by atoms with van der Waals surface area (Å²) in [7, 11) is 0. The number of rotatable bonds is 6. The zero-order valence-corrected chi connectivity index (χ0v) is 15.1. The second kappa shape index (κ2) is 7.76. The number of nitrogens with one attached hydrogen (secondary N) is 1. The molecule has 0 spiro atoms. The molecule has 2 fully saturated rings. The van der Waals surface area contributed by atoms with E-state index in [2.05, 4.69) is 27.2 Å². The van der Waals surface area contributed by atoms with Crippen LogP contribution in [0, 0.1) is 0 Å². The SMILES string of the molecule is O=COCCC1CC(N2CCC(N3C(=O)Cc4ccccc43)CC2)CN1. The number of anilines is 1. The molecule has 3 aliphatic rings. The number of fused-ring (bicyclic) bond motifs is 1. The van der Waals surface area contributed by atoms with Crippen molar-refractivity contribution in [3.05, 3.63) is 29.8 Å². The second-order valence-electron chi connectivity index (χ2n) is 7.59. The van der Waals surface area contributed by atoms with E-state index in [1.54, 1.807) is 0 Å². The number of piperidine rings is 1. The minimum absolute atomic E-state index is 0.252. The lowest BCUT2D eigenvalue weighted by Gasteiger charge is -2.39. The highest BCUT2D eigenvalue weighted by Crippen LogP contribution is 2.33. The Balaban J connectivity index is 1.30. The van der Waals surface area contributed by atoms with Crippen LogP contribution >= 0.6 is 0 Å². The lowest BCUT2D eigenvalue weighted by atomic mass is 10.00. The third-order valence-electron chi connectivity index (χ3n) is 6.09. The Bertz CT molecular complexity index is 657. The molecule has 0 saturated carbocycles. The zero-order valence-electron chi connectivity index (χ0n) is 15.1. The highest BCUT2D eigenvalue weighted by Gasteiger charge is 2.37. The van der Waals surface area contributed by atoms with Gasteiger partial charge in [0.1, 0.15) is 0 Å². The summed E-state index contributed by atoms with van der Waals surface area (Å²) in [4.78, 5) is 27.4. The molecular formula is C20H27N3O3. The van der Waals surface area contributed by atoms with Gasteiger partial charge in [0.15, 0.2) is 0 Å². The number of likely N-dealkylation sites (tertiary alicyclic amines) is 1. The summed E-state index contributed by atoms with van der Waals surface area (Å²) in [6, 6.07) is 9.51. The molecule has 1 N–H and O–H groups in total. The Labute approximate surface area is 154 Å². The fourth-order valence-electron chi connectivity index (χ4n) is 4.74. The number of carbonyl (C=O) groups excluding carboxylic acids is 2. The van der Waals surface area contributed by atoms with E-state index in [-0.39, 0.29) is 5.91 Å². The number of hydrogen-bond acceptors (Lipinski definition) is 5. The van der Waals surface area contributed by atoms with Crippen molar-refractivity contribution in [3.8, 4) is 0 Å². The van der Waals surface area contributed by atoms with Crippen LogP contribution in [0.15, 0.2) is 24.3 Å². The average Bonchev–Trinajstić information content (AvgIpc) is 3.26. The summed E-state index contributed by atoms with van der Waals surface area (Å²) in [5, 5.41) is 3.55. The van der Waals surface area contributed by atoms with Gasteiger partial charge in [0.25, 0.3) is 6.47 Å². The fraction of sp³-hybridized carbons (Fsp3) is 0.600. The van der Waals surface area contributed by atoms with E-state index >= 15 is 0 Å². The quantitative estimate of drug-likeness (QED) is 0.615. The Morgan fingerprint density at radius 1 is 1.19 bits per heavy atom. The lowest BCUT2D eigenvalue weighted by molar-refractivity contribution is -0.128. The van der Waals surface area contributed by atoms with Crippen molar-refractivity contribution in [2.75, 3.05) is 31.1 Å². The molecule has 2 saturated heterocycles. The average molecular weight is 357 g/mol. The van der Waals surface area contributed by atoms with Crippen molar-refractivity contribution in [2.24, 2.45) is 0 Å². The van der Waals surface area contributed by atoms with E-state index in [1.807, 2.05) is 12.1 Å². The molecule has 3 aliphatic heterocycles. The van der Waals surface area contributed by atoms with Gasteiger partial charge in [-0.15, -0.1) is 0 Å². The molecule has 2 unspecified atom stereocenters. The van der Waals surface area contributed by atoms with Crippen LogP contribution in [0.2, 0.25) is 0 Å². The van der Waals surface area contributed by atoms with Crippen LogP contribution in [0.4, 0.5) is 5.69 Å². The molecule has 140 valence electrons. The molecule has 6 nitrogen and oxygen atoms in total. The summed E-state index contributed by atoms with van der Waals surface area (Å²) in [6.45, 7) is 4.10. The first-order valence-corrected chi connectivity index (χ1v) is 9.69. The van der Waals surface area contributed by atoms with Crippen molar-refractivity contribution in [1.29, 1.82) is 0 Å². The van der Waals surface area contributed by atoms with Gasteiger partial charge in [0.05, 0.1) is 13.0 Å². The molecule has 0 radical (unpaired) electrons. The third-order valence-corrected chi connectivity index (χ3v) is 6.09. The molecule has 2 atom stereocenters. The standard InChI is InChI=1S/C20H27N3O3/c24-14-26-10-7-16-12-18(13-21-16)22-8-5-17(6-9-22)23-19-4-2-1-3-15(19)11-20(23)25/h1-4,14,16-18,21H,5-13H2. The van der Waals surface area contributed by atoms with Gasteiger partial charge < -0.3 is 15.0 Å². The summed E-state index contributed by atoms with van der Waals surface area (Å²) in [5.74, 6) is 0.252. The van der Waals surface area contributed by atoms with E-state index in [0.717, 1.165) is 51.0 Å². The highest BCUT2D eigenvalue weighted by molar-refractivity contribution is 6.01. The summed E-state index contributed by atoms with van der Waals surface area (Å²) in [5.41, 5.74) is 2.29. The maximum absolute atomic E-state index is 12.5. The Morgan fingerprint density at radius 2 is 2.00 bits per heavy atom. The maximum atomic E-state index is 12.5. The first kappa shape index (κ1) is 17.5. The molecule has 0 aliphatic carbocycles. The molecule has 1 aromatic rings. The molecule has 4 rings (SSSR count). The smallest absolute Gasteiger partial charge is 0.293 e. The van der Waals surface area contributed by atoms with E-state index in [0.29, 0.717) is 37.6 Å². The molecule has 0 bridgehead atoms. The van der Waals surface area contributed by atoms with E-state index in [4.69, 9.17) is 4.74 Å². The molecule has 1 aromatic carbocycles. The minimum Gasteiger partial charge on any atom is -0.468 e. The summed E-state index contributed by atoms with van der Waals surface area (Å²) < 4.78 is 4.81. The molecule has 0 aromatic heterocycles. The van der Waals surface area contributed by atoms with Crippen molar-refractivity contribution in [3.63, 3.8) is 0 Å². The Kier molecular flexibility index (Phi) is 5.22. The fourth-order valence-corrected chi connectivity index (χ4v) is 4.74. The van der Waals surface area contributed by atoms with E-state index in [1.165, 1.54) is 5.56 Å². The molecule has 26 heavy (non-hydrogen) atoms. The van der Waals surface area contributed by atoms with Gasteiger partial charge in [-0.2, -0.15) is 0 Å². The summed E-state index contributed by atoms with van der Waals surface area (Å²) >= 11 is 0. The second-order valence-corrected chi connectivity index (χ2v) is 7.59. The first-order chi connectivity index (χ1) is 12.8. The van der Waals surface area contributed by atoms with E-state index < -0.39 is 0 Å². The van der Waals surface area contributed by atoms with Crippen LogP contribution in [-0.4, -0.2) is 61.6 Å². The van der Waals surface area contributed by atoms with Gasteiger partial charge in [-0.25, -0.2) is 0 Å². The van der Waals surface area contributed by atoms with E-state index in [9.17, 15) is 9.59 Å². The van der Waals surface area contributed by atoms with Gasteiger partial charge in [-0.3, -0.25) is 14.5 Å². The predicted octanol–water partition coefficient (Wildman–Crippen LogP) is 1.33. The number of benzene rings is 1. The highest BCUT2D eigenvalue weighted by atomic mass is 16.5. The van der Waals surface area contributed by atoms with Crippen LogP contribution in [0.25, 0.3) is 0 Å². The van der Waals surface area contributed by atoms with Crippen LogP contribution in [0.1, 0.15) is 31.2 Å². The Hall–Kier alpha value is -1.92. The largest absolute Gasteiger partial charge is 0.468 e. The minimum atomic E-state index is 0.252. The van der Waals surface area contributed by atoms with Crippen molar-refractivity contribution < 1.29 is 14.3 Å². The molecule has 1 amide bonds. The van der Waals surface area contributed by atoms with Crippen LogP contribution < -0.4 is 10.2 Å². The van der Waals surface area contributed by atoms with Gasteiger partial charge in [0.2, 0.25) is 5.91 Å². The monoisotopic (exact) mass is 357 g/mol. The number of hydrogen-bond donors (Lipinski definition) is 1. The van der Waals surface area contributed by atoms with Gasteiger partial charge in [0, 0.05) is 43.4 Å². The van der Waals surface area contributed by atoms with Crippen LogP contribution in [-0.2, 0) is 20.7 Å².